The molecule has 0 unspecified atom stereocenters. The number of aryl methyl sites for hydroxylation is 1. The number of aromatic nitrogens is 3. The number of benzene rings is 1. The van der Waals surface area contributed by atoms with Crippen LogP contribution < -0.4 is 5.32 Å². The topological polar surface area (TPSA) is 63.0 Å². The Morgan fingerprint density at radius 2 is 2.09 bits per heavy atom. The highest BCUT2D eigenvalue weighted by Crippen LogP contribution is 2.27. The summed E-state index contributed by atoms with van der Waals surface area (Å²) in [6.07, 6.45) is 8.63. The van der Waals surface area contributed by atoms with Crippen molar-refractivity contribution in [3.05, 3.63) is 42.0 Å². The summed E-state index contributed by atoms with van der Waals surface area (Å²) < 4.78 is 1.78. The highest BCUT2D eigenvalue weighted by Gasteiger charge is 2.28. The molecule has 0 aliphatic heterocycles. The smallest absolute Gasteiger partial charge is 0.138 e. The lowest BCUT2D eigenvalue weighted by Gasteiger charge is -2.32. The third-order valence-electron chi connectivity index (χ3n) is 4.49. The molecule has 5 nitrogen and oxygen atoms in total. The molecule has 0 saturated heterocycles. The Morgan fingerprint density at radius 1 is 1.27 bits per heavy atom. The van der Waals surface area contributed by atoms with Gasteiger partial charge in [-0.15, -0.1) is 0 Å². The molecule has 0 atom stereocenters. The van der Waals surface area contributed by atoms with Crippen LogP contribution in [0.1, 0.15) is 43.2 Å². The van der Waals surface area contributed by atoms with Crippen molar-refractivity contribution in [2.24, 2.45) is 0 Å². The van der Waals surface area contributed by atoms with Gasteiger partial charge in [-0.05, 0) is 37.0 Å². The second-order valence-corrected chi connectivity index (χ2v) is 6.35. The summed E-state index contributed by atoms with van der Waals surface area (Å²) in [5.74, 6) is 0. The molecule has 0 amide bonds. The molecule has 1 saturated carbocycles. The normalized spacial score (nSPS) is 17.5. The Hall–Kier alpha value is -1.72. The summed E-state index contributed by atoms with van der Waals surface area (Å²) in [6.45, 7) is 3.53. The SMILES string of the molecule is Cc1cc(CNCC2(O)CCCCC2)ccc1-n1cncn1. The zero-order chi connectivity index (χ0) is 15.4. The fraction of sp³-hybridized carbons (Fsp3) is 0.529. The van der Waals surface area contributed by atoms with E-state index in [1.54, 1.807) is 17.3 Å². The Bertz CT molecular complexity index is 603. The van der Waals surface area contributed by atoms with Gasteiger partial charge < -0.3 is 10.4 Å². The van der Waals surface area contributed by atoms with E-state index in [-0.39, 0.29) is 0 Å². The van der Waals surface area contributed by atoms with E-state index in [1.165, 1.54) is 17.5 Å². The fourth-order valence-corrected chi connectivity index (χ4v) is 3.24. The molecule has 5 heteroatoms. The average molecular weight is 300 g/mol. The quantitative estimate of drug-likeness (QED) is 0.890. The predicted molar refractivity (Wildman–Crippen MR) is 85.8 cm³/mol. The first kappa shape index (κ1) is 15.2. The molecule has 0 spiro atoms. The monoisotopic (exact) mass is 300 g/mol. The molecular weight excluding hydrogens is 276 g/mol. The lowest BCUT2D eigenvalue weighted by molar-refractivity contribution is 0.00467. The minimum atomic E-state index is -0.506. The van der Waals surface area contributed by atoms with Crippen LogP contribution in [0.15, 0.2) is 30.9 Å². The lowest BCUT2D eigenvalue weighted by atomic mass is 9.85. The molecule has 0 radical (unpaired) electrons. The first-order chi connectivity index (χ1) is 10.7. The van der Waals surface area contributed by atoms with Crippen LogP contribution in [-0.2, 0) is 6.54 Å². The Kier molecular flexibility index (Phi) is 4.55. The summed E-state index contributed by atoms with van der Waals surface area (Å²) in [5, 5.41) is 18.1. The fourth-order valence-electron chi connectivity index (χ4n) is 3.24. The van der Waals surface area contributed by atoms with Crippen molar-refractivity contribution >= 4 is 0 Å². The lowest BCUT2D eigenvalue weighted by Crippen LogP contribution is -2.41. The first-order valence-electron chi connectivity index (χ1n) is 8.04. The third-order valence-corrected chi connectivity index (χ3v) is 4.49. The standard InChI is InChI=1S/C17H24N4O/c1-14-9-15(5-6-16(14)21-13-19-12-20-21)10-18-11-17(22)7-3-2-4-8-17/h5-6,9,12-13,18,22H,2-4,7-8,10-11H2,1H3. The van der Waals surface area contributed by atoms with Gasteiger partial charge in [0.1, 0.15) is 12.7 Å². The maximum absolute atomic E-state index is 10.5. The van der Waals surface area contributed by atoms with Gasteiger partial charge in [-0.1, -0.05) is 31.4 Å². The van der Waals surface area contributed by atoms with Gasteiger partial charge in [-0.3, -0.25) is 0 Å². The van der Waals surface area contributed by atoms with Crippen molar-refractivity contribution < 1.29 is 5.11 Å². The van der Waals surface area contributed by atoms with E-state index in [0.717, 1.165) is 37.9 Å². The van der Waals surface area contributed by atoms with Gasteiger partial charge in [0.15, 0.2) is 0 Å². The number of nitrogens with one attached hydrogen (secondary N) is 1. The van der Waals surface area contributed by atoms with E-state index in [2.05, 4.69) is 40.5 Å². The zero-order valence-corrected chi connectivity index (χ0v) is 13.1. The summed E-state index contributed by atoms with van der Waals surface area (Å²) in [4.78, 5) is 3.98. The molecule has 1 heterocycles. The Balaban J connectivity index is 1.58. The van der Waals surface area contributed by atoms with Gasteiger partial charge in [0.2, 0.25) is 0 Å². The van der Waals surface area contributed by atoms with Crippen molar-refractivity contribution in [2.75, 3.05) is 6.54 Å². The van der Waals surface area contributed by atoms with E-state index in [1.807, 2.05) is 0 Å². The maximum atomic E-state index is 10.5. The molecule has 118 valence electrons. The molecule has 1 aromatic heterocycles. The van der Waals surface area contributed by atoms with Crippen molar-refractivity contribution in [3.8, 4) is 5.69 Å². The minimum Gasteiger partial charge on any atom is -0.389 e. The highest BCUT2D eigenvalue weighted by molar-refractivity contribution is 5.41. The summed E-state index contributed by atoms with van der Waals surface area (Å²) in [6, 6.07) is 6.33. The number of hydrogen-bond acceptors (Lipinski definition) is 4. The number of aliphatic hydroxyl groups is 1. The molecule has 1 aliphatic rings. The molecule has 0 bridgehead atoms. The average Bonchev–Trinajstić information content (AvgIpc) is 3.02. The van der Waals surface area contributed by atoms with E-state index >= 15 is 0 Å². The van der Waals surface area contributed by atoms with Crippen LogP contribution in [0, 0.1) is 6.92 Å². The highest BCUT2D eigenvalue weighted by atomic mass is 16.3. The number of nitrogens with zero attached hydrogens (tertiary/aromatic N) is 3. The van der Waals surface area contributed by atoms with E-state index in [9.17, 15) is 5.11 Å². The summed E-state index contributed by atoms with van der Waals surface area (Å²) in [5.41, 5.74) is 2.93. The van der Waals surface area contributed by atoms with Crippen LogP contribution >= 0.6 is 0 Å². The van der Waals surface area contributed by atoms with Crippen LogP contribution in [0.5, 0.6) is 0 Å². The molecule has 1 aromatic carbocycles. The number of hydrogen-bond donors (Lipinski definition) is 2. The van der Waals surface area contributed by atoms with Gasteiger partial charge in [0.05, 0.1) is 11.3 Å². The van der Waals surface area contributed by atoms with Gasteiger partial charge in [-0.2, -0.15) is 5.10 Å². The second kappa shape index (κ2) is 6.58. The van der Waals surface area contributed by atoms with E-state index < -0.39 is 5.60 Å². The van der Waals surface area contributed by atoms with Crippen molar-refractivity contribution in [2.45, 2.75) is 51.2 Å². The van der Waals surface area contributed by atoms with Gasteiger partial charge in [0, 0.05) is 13.1 Å². The van der Waals surface area contributed by atoms with E-state index in [4.69, 9.17) is 0 Å². The zero-order valence-electron chi connectivity index (χ0n) is 13.1. The van der Waals surface area contributed by atoms with Crippen LogP contribution in [0.25, 0.3) is 5.69 Å². The van der Waals surface area contributed by atoms with Gasteiger partial charge in [0.25, 0.3) is 0 Å². The van der Waals surface area contributed by atoms with Crippen molar-refractivity contribution in [1.29, 1.82) is 0 Å². The second-order valence-electron chi connectivity index (χ2n) is 6.35. The predicted octanol–water partition coefficient (Wildman–Crippen LogP) is 2.36. The van der Waals surface area contributed by atoms with Gasteiger partial charge >= 0.3 is 0 Å². The molecular formula is C17H24N4O. The molecule has 2 aromatic rings. The van der Waals surface area contributed by atoms with Crippen LogP contribution in [-0.4, -0.2) is 32.0 Å². The summed E-state index contributed by atoms with van der Waals surface area (Å²) in [7, 11) is 0. The van der Waals surface area contributed by atoms with Crippen LogP contribution in [0.3, 0.4) is 0 Å². The molecule has 22 heavy (non-hydrogen) atoms. The maximum Gasteiger partial charge on any atom is 0.138 e. The molecule has 1 fully saturated rings. The van der Waals surface area contributed by atoms with Crippen LogP contribution in [0.2, 0.25) is 0 Å². The Morgan fingerprint density at radius 3 is 2.77 bits per heavy atom. The van der Waals surface area contributed by atoms with Crippen molar-refractivity contribution in [1.82, 2.24) is 20.1 Å². The van der Waals surface area contributed by atoms with Gasteiger partial charge in [-0.25, -0.2) is 9.67 Å². The number of rotatable bonds is 5. The Labute approximate surface area is 131 Å². The van der Waals surface area contributed by atoms with E-state index in [0.29, 0.717) is 6.54 Å². The van der Waals surface area contributed by atoms with Crippen molar-refractivity contribution in [3.63, 3.8) is 0 Å². The third kappa shape index (κ3) is 3.54. The minimum absolute atomic E-state index is 0.506. The first-order valence-corrected chi connectivity index (χ1v) is 8.04. The molecule has 2 N–H and O–H groups in total. The van der Waals surface area contributed by atoms with Crippen LogP contribution in [0.4, 0.5) is 0 Å². The molecule has 3 rings (SSSR count). The summed E-state index contributed by atoms with van der Waals surface area (Å²) >= 11 is 0. The molecule has 1 aliphatic carbocycles. The largest absolute Gasteiger partial charge is 0.389 e.